The van der Waals surface area contributed by atoms with Crippen LogP contribution < -0.4 is 5.32 Å². The Hall–Kier alpha value is -0.0500. The van der Waals surface area contributed by atoms with Crippen LogP contribution in [0.2, 0.25) is 0 Å². The van der Waals surface area contributed by atoms with Gasteiger partial charge in [-0.3, -0.25) is 0 Å². The molecule has 2 atom stereocenters. The van der Waals surface area contributed by atoms with Gasteiger partial charge in [0.1, 0.15) is 0 Å². The standard InChI is InChI=1S/C11H16BrN.ClH/c1-3-5-9-7-8-10(12)11(13-9)6-4-2;/h3-4,8-9,11,13H,1-2,5-7H2;1H/t9-,11-;/m0./s1. The Labute approximate surface area is 101 Å². The molecule has 1 N–H and O–H groups in total. The summed E-state index contributed by atoms with van der Waals surface area (Å²) >= 11 is 3.56. The molecule has 1 rings (SSSR count). The highest BCUT2D eigenvalue weighted by Gasteiger charge is 2.19. The highest BCUT2D eigenvalue weighted by atomic mass is 79.9. The first-order valence-corrected chi connectivity index (χ1v) is 5.40. The summed E-state index contributed by atoms with van der Waals surface area (Å²) in [5, 5.41) is 3.55. The van der Waals surface area contributed by atoms with E-state index in [9.17, 15) is 0 Å². The second kappa shape index (κ2) is 7.27. The molecule has 1 heterocycles. The average Bonchev–Trinajstić information content (AvgIpc) is 2.12. The van der Waals surface area contributed by atoms with Gasteiger partial charge in [-0.15, -0.1) is 25.6 Å². The minimum Gasteiger partial charge on any atom is -0.306 e. The maximum Gasteiger partial charge on any atom is 0.0420 e. The van der Waals surface area contributed by atoms with Gasteiger partial charge in [-0.25, -0.2) is 0 Å². The van der Waals surface area contributed by atoms with Crippen molar-refractivity contribution in [2.24, 2.45) is 0 Å². The first kappa shape index (κ1) is 13.9. The van der Waals surface area contributed by atoms with Crippen LogP contribution in [0.1, 0.15) is 19.3 Å². The van der Waals surface area contributed by atoms with Crippen molar-refractivity contribution in [3.63, 3.8) is 0 Å². The van der Waals surface area contributed by atoms with E-state index in [2.05, 4.69) is 40.5 Å². The second-order valence-corrected chi connectivity index (χ2v) is 4.21. The van der Waals surface area contributed by atoms with Crippen LogP contribution in [0.3, 0.4) is 0 Å². The smallest absolute Gasteiger partial charge is 0.0420 e. The van der Waals surface area contributed by atoms with Gasteiger partial charge in [0.05, 0.1) is 0 Å². The largest absolute Gasteiger partial charge is 0.306 e. The number of hydrogen-bond acceptors (Lipinski definition) is 1. The van der Waals surface area contributed by atoms with Crippen LogP contribution in [-0.4, -0.2) is 12.1 Å². The fourth-order valence-corrected chi connectivity index (χ4v) is 2.05. The molecule has 0 aromatic heterocycles. The zero-order valence-electron chi connectivity index (χ0n) is 8.21. The monoisotopic (exact) mass is 277 g/mol. The van der Waals surface area contributed by atoms with Gasteiger partial charge in [0, 0.05) is 16.6 Å². The van der Waals surface area contributed by atoms with Crippen molar-refractivity contribution in [2.75, 3.05) is 0 Å². The maximum atomic E-state index is 3.75. The highest BCUT2D eigenvalue weighted by molar-refractivity contribution is 9.11. The molecule has 1 aliphatic rings. The molecule has 80 valence electrons. The van der Waals surface area contributed by atoms with E-state index < -0.39 is 0 Å². The molecule has 14 heavy (non-hydrogen) atoms. The Bertz CT molecular complexity index is 225. The zero-order valence-corrected chi connectivity index (χ0v) is 10.6. The molecule has 0 saturated carbocycles. The number of rotatable bonds is 4. The lowest BCUT2D eigenvalue weighted by Crippen LogP contribution is -2.40. The molecule has 1 nitrogen and oxygen atoms in total. The highest BCUT2D eigenvalue weighted by Crippen LogP contribution is 2.22. The SMILES string of the molecule is C=CC[C@H]1CC=C(Br)[C@H](CC=C)N1.Cl. The summed E-state index contributed by atoms with van der Waals surface area (Å²) in [6.45, 7) is 7.50. The van der Waals surface area contributed by atoms with Gasteiger partial charge < -0.3 is 5.32 Å². The lowest BCUT2D eigenvalue weighted by atomic mass is 10.0. The Morgan fingerprint density at radius 1 is 1.43 bits per heavy atom. The molecule has 0 saturated heterocycles. The summed E-state index contributed by atoms with van der Waals surface area (Å²) in [5.41, 5.74) is 0. The number of hydrogen-bond donors (Lipinski definition) is 1. The summed E-state index contributed by atoms with van der Waals surface area (Å²) in [6.07, 6.45) is 9.26. The third-order valence-corrected chi connectivity index (χ3v) is 3.10. The van der Waals surface area contributed by atoms with E-state index in [-0.39, 0.29) is 12.4 Å². The fourth-order valence-electron chi connectivity index (χ4n) is 1.54. The minimum absolute atomic E-state index is 0. The predicted octanol–water partition coefficient (Wildman–Crippen LogP) is 3.57. The molecule has 0 aliphatic carbocycles. The zero-order chi connectivity index (χ0) is 9.68. The van der Waals surface area contributed by atoms with Crippen molar-refractivity contribution >= 4 is 28.3 Å². The summed E-state index contributed by atoms with van der Waals surface area (Å²) in [4.78, 5) is 0. The molecule has 0 amide bonds. The molecular formula is C11H17BrClN. The van der Waals surface area contributed by atoms with E-state index in [4.69, 9.17) is 0 Å². The number of nitrogens with one attached hydrogen (secondary N) is 1. The normalized spacial score (nSPS) is 25.9. The van der Waals surface area contributed by atoms with Gasteiger partial charge in [0.2, 0.25) is 0 Å². The molecule has 0 spiro atoms. The first-order valence-electron chi connectivity index (χ1n) is 4.61. The van der Waals surface area contributed by atoms with Crippen molar-refractivity contribution in [3.8, 4) is 0 Å². The lowest BCUT2D eigenvalue weighted by Gasteiger charge is -2.28. The topological polar surface area (TPSA) is 12.0 Å². The van der Waals surface area contributed by atoms with Crippen molar-refractivity contribution in [1.82, 2.24) is 5.32 Å². The van der Waals surface area contributed by atoms with Crippen LogP contribution in [0.15, 0.2) is 35.9 Å². The van der Waals surface area contributed by atoms with Crippen LogP contribution in [0, 0.1) is 0 Å². The Kier molecular flexibility index (Phi) is 7.24. The molecule has 1 aliphatic heterocycles. The molecular weight excluding hydrogens is 261 g/mol. The van der Waals surface area contributed by atoms with Gasteiger partial charge in [0.25, 0.3) is 0 Å². The van der Waals surface area contributed by atoms with Gasteiger partial charge in [-0.2, -0.15) is 0 Å². The lowest BCUT2D eigenvalue weighted by molar-refractivity contribution is 0.452. The second-order valence-electron chi connectivity index (χ2n) is 3.29. The fraction of sp³-hybridized carbons (Fsp3) is 0.455. The molecule has 0 radical (unpaired) electrons. The molecule has 0 unspecified atom stereocenters. The van der Waals surface area contributed by atoms with Crippen molar-refractivity contribution in [1.29, 1.82) is 0 Å². The van der Waals surface area contributed by atoms with Gasteiger partial charge >= 0.3 is 0 Å². The van der Waals surface area contributed by atoms with Crippen molar-refractivity contribution < 1.29 is 0 Å². The Balaban J connectivity index is 0.00000169. The first-order chi connectivity index (χ1) is 6.27. The van der Waals surface area contributed by atoms with E-state index in [1.807, 2.05) is 12.2 Å². The molecule has 3 heteroatoms. The summed E-state index contributed by atoms with van der Waals surface area (Å²) in [5.74, 6) is 0. The minimum atomic E-state index is 0. The van der Waals surface area contributed by atoms with Gasteiger partial charge in [-0.05, 0) is 19.3 Å². The van der Waals surface area contributed by atoms with E-state index in [1.54, 1.807) is 0 Å². The average molecular weight is 279 g/mol. The quantitative estimate of drug-likeness (QED) is 0.775. The number of halogens is 2. The third kappa shape index (κ3) is 3.99. The Morgan fingerprint density at radius 2 is 2.07 bits per heavy atom. The van der Waals surface area contributed by atoms with E-state index in [0.29, 0.717) is 12.1 Å². The van der Waals surface area contributed by atoms with E-state index in [0.717, 1.165) is 19.3 Å². The van der Waals surface area contributed by atoms with E-state index >= 15 is 0 Å². The van der Waals surface area contributed by atoms with E-state index in [1.165, 1.54) is 4.48 Å². The summed E-state index contributed by atoms with van der Waals surface area (Å²) in [7, 11) is 0. The summed E-state index contributed by atoms with van der Waals surface area (Å²) in [6, 6.07) is 0.958. The van der Waals surface area contributed by atoms with Crippen molar-refractivity contribution in [2.45, 2.75) is 31.3 Å². The van der Waals surface area contributed by atoms with Crippen LogP contribution in [-0.2, 0) is 0 Å². The third-order valence-electron chi connectivity index (χ3n) is 2.22. The van der Waals surface area contributed by atoms with Crippen molar-refractivity contribution in [3.05, 3.63) is 35.9 Å². The van der Waals surface area contributed by atoms with Gasteiger partial charge in [-0.1, -0.05) is 34.2 Å². The molecule has 0 bridgehead atoms. The van der Waals surface area contributed by atoms with Crippen LogP contribution >= 0.6 is 28.3 Å². The maximum absolute atomic E-state index is 3.75. The summed E-state index contributed by atoms with van der Waals surface area (Å²) < 4.78 is 1.26. The predicted molar refractivity (Wildman–Crippen MR) is 69.2 cm³/mol. The molecule has 0 aromatic rings. The van der Waals surface area contributed by atoms with Gasteiger partial charge in [0.15, 0.2) is 0 Å². The van der Waals surface area contributed by atoms with Crippen LogP contribution in [0.4, 0.5) is 0 Å². The molecule has 0 aromatic carbocycles. The van der Waals surface area contributed by atoms with Crippen LogP contribution in [0.5, 0.6) is 0 Å². The van der Waals surface area contributed by atoms with Crippen LogP contribution in [0.25, 0.3) is 0 Å². The molecule has 0 fully saturated rings. The Morgan fingerprint density at radius 3 is 2.64 bits per heavy atom.